The number of aliphatic hydroxyl groups is 4. The van der Waals surface area contributed by atoms with Gasteiger partial charge in [0.1, 0.15) is 24.4 Å². The van der Waals surface area contributed by atoms with Gasteiger partial charge < -0.3 is 40.1 Å². The number of rotatable bonds is 11. The quantitative estimate of drug-likeness (QED) is 0.213. The number of fused-ring (bicyclic) bond motifs is 1. The second-order valence-electron chi connectivity index (χ2n) is 9.41. The van der Waals surface area contributed by atoms with Crippen molar-refractivity contribution in [3.8, 4) is 11.5 Å². The Morgan fingerprint density at radius 1 is 1.03 bits per heavy atom. The maximum absolute atomic E-state index is 11.0. The largest absolute Gasteiger partial charge is 0.493 e. The van der Waals surface area contributed by atoms with Gasteiger partial charge >= 0.3 is 0 Å². The zero-order chi connectivity index (χ0) is 28.1. The summed E-state index contributed by atoms with van der Waals surface area (Å²) in [6.07, 6.45) is -2.65. The van der Waals surface area contributed by atoms with Crippen LogP contribution in [0.25, 0.3) is 10.9 Å². The molecule has 4 atom stereocenters. The highest BCUT2D eigenvalue weighted by Gasteiger charge is 2.37. The Morgan fingerprint density at radius 2 is 1.77 bits per heavy atom. The average Bonchev–Trinajstić information content (AvgIpc) is 2.94. The third kappa shape index (κ3) is 6.90. The molecule has 11 nitrogen and oxygen atoms in total. The van der Waals surface area contributed by atoms with Crippen LogP contribution in [-0.4, -0.2) is 118 Å². The highest BCUT2D eigenvalue weighted by molar-refractivity contribution is 9.10. The zero-order valence-corrected chi connectivity index (χ0v) is 24.0. The van der Waals surface area contributed by atoms with Crippen LogP contribution in [0.4, 0.5) is 11.5 Å². The number of likely N-dealkylation sites (N-methyl/N-ethyl adjacent to an activating group) is 1. The maximum Gasteiger partial charge on any atom is 0.164 e. The van der Waals surface area contributed by atoms with Crippen LogP contribution in [0, 0.1) is 0 Å². The van der Waals surface area contributed by atoms with Crippen LogP contribution in [0.5, 0.6) is 11.5 Å². The SMILES string of the molecule is COc1cc2c(Nc3ccc(Br)c(Cl)c3)ncnc2cc1O[C@@H](CO)[C@@H](O)[C@H](O)[C@H](CO)N1CCN(C)CC1. The summed E-state index contributed by atoms with van der Waals surface area (Å²) in [5, 5.41) is 46.4. The number of hydrogen-bond donors (Lipinski definition) is 5. The molecule has 2 heterocycles. The normalized spacial score (nSPS) is 17.9. The molecule has 5 N–H and O–H groups in total. The van der Waals surface area contributed by atoms with Crippen molar-refractivity contribution in [2.45, 2.75) is 24.4 Å². The average molecular weight is 627 g/mol. The van der Waals surface area contributed by atoms with E-state index in [1.165, 1.54) is 13.4 Å². The van der Waals surface area contributed by atoms with E-state index in [4.69, 9.17) is 21.1 Å². The summed E-state index contributed by atoms with van der Waals surface area (Å²) < 4.78 is 12.3. The van der Waals surface area contributed by atoms with Gasteiger partial charge in [0.05, 0.1) is 36.9 Å². The number of nitrogens with one attached hydrogen (secondary N) is 1. The number of anilines is 2. The van der Waals surface area contributed by atoms with E-state index in [-0.39, 0.29) is 12.4 Å². The number of hydrogen-bond acceptors (Lipinski definition) is 11. The van der Waals surface area contributed by atoms with Crippen LogP contribution in [0.2, 0.25) is 5.02 Å². The first kappa shape index (κ1) is 29.7. The van der Waals surface area contributed by atoms with E-state index < -0.39 is 31.0 Å². The Bertz CT molecular complexity index is 1260. The number of piperazine rings is 1. The highest BCUT2D eigenvalue weighted by atomic mass is 79.9. The molecule has 1 aromatic heterocycles. The fourth-order valence-corrected chi connectivity index (χ4v) is 4.97. The van der Waals surface area contributed by atoms with Crippen molar-refractivity contribution in [1.82, 2.24) is 19.8 Å². The van der Waals surface area contributed by atoms with E-state index in [0.717, 1.165) is 23.2 Å². The van der Waals surface area contributed by atoms with E-state index in [2.05, 4.69) is 36.1 Å². The van der Waals surface area contributed by atoms with E-state index in [9.17, 15) is 20.4 Å². The van der Waals surface area contributed by atoms with E-state index >= 15 is 0 Å². The third-order valence-electron chi connectivity index (χ3n) is 6.88. The van der Waals surface area contributed by atoms with Crippen molar-refractivity contribution in [2.75, 3.05) is 58.9 Å². The second kappa shape index (κ2) is 13.4. The van der Waals surface area contributed by atoms with Gasteiger partial charge in [-0.1, -0.05) is 11.6 Å². The molecule has 1 aliphatic heterocycles. The first-order chi connectivity index (χ1) is 18.7. The fraction of sp³-hybridized carbons (Fsp3) is 0.462. The Morgan fingerprint density at radius 3 is 2.41 bits per heavy atom. The topological polar surface area (TPSA) is 144 Å². The summed E-state index contributed by atoms with van der Waals surface area (Å²) in [5.74, 6) is 1.04. The molecule has 2 aromatic carbocycles. The molecule has 0 unspecified atom stereocenters. The molecule has 0 amide bonds. The van der Waals surface area contributed by atoms with Crippen molar-refractivity contribution in [3.63, 3.8) is 0 Å². The predicted octanol–water partition coefficient (Wildman–Crippen LogP) is 1.87. The molecule has 0 radical (unpaired) electrons. The van der Waals surface area contributed by atoms with Gasteiger partial charge in [0.25, 0.3) is 0 Å². The Labute approximate surface area is 240 Å². The molecular weight excluding hydrogens is 594 g/mol. The molecule has 0 aliphatic carbocycles. The molecule has 1 aliphatic rings. The monoisotopic (exact) mass is 625 g/mol. The Hall–Kier alpha value is -2.29. The molecule has 0 saturated carbocycles. The van der Waals surface area contributed by atoms with Gasteiger partial charge in [-0.05, 0) is 47.2 Å². The minimum atomic E-state index is -1.49. The van der Waals surface area contributed by atoms with Gasteiger partial charge in [0.2, 0.25) is 0 Å². The van der Waals surface area contributed by atoms with E-state index in [1.807, 2.05) is 24.1 Å². The van der Waals surface area contributed by atoms with Crippen molar-refractivity contribution < 1.29 is 29.9 Å². The fourth-order valence-electron chi connectivity index (χ4n) is 4.54. The Balaban J connectivity index is 1.56. The maximum atomic E-state index is 11.0. The lowest BCUT2D eigenvalue weighted by Gasteiger charge is -2.41. The minimum Gasteiger partial charge on any atom is -0.493 e. The summed E-state index contributed by atoms with van der Waals surface area (Å²) in [6, 6.07) is 8.01. The Kier molecular flexibility index (Phi) is 10.2. The van der Waals surface area contributed by atoms with Crippen molar-refractivity contribution in [1.29, 1.82) is 0 Å². The lowest BCUT2D eigenvalue weighted by Crippen LogP contribution is -2.59. The zero-order valence-electron chi connectivity index (χ0n) is 21.7. The third-order valence-corrected chi connectivity index (χ3v) is 8.11. The summed E-state index contributed by atoms with van der Waals surface area (Å²) in [6.45, 7) is 1.90. The first-order valence-electron chi connectivity index (χ1n) is 12.5. The number of benzene rings is 2. The molecule has 1 saturated heterocycles. The van der Waals surface area contributed by atoms with Gasteiger partial charge in [0, 0.05) is 47.8 Å². The number of ether oxygens (including phenoxy) is 2. The molecule has 13 heteroatoms. The number of aliphatic hydroxyl groups excluding tert-OH is 4. The standard InChI is InChI=1S/C26H33BrClN5O6/c1-32-5-7-33(8-6-32)20(12-34)24(36)25(37)23(13-35)39-22-11-19-16(10-21(22)38-2)26(30-14-29-19)31-15-3-4-17(27)18(28)9-15/h3-4,9-11,14,20,23-25,34-37H,5-8,12-13H2,1-2H3,(H,29,30,31)/t20-,23-,24+,25+/m0/s1. The molecule has 3 aromatic rings. The van der Waals surface area contributed by atoms with E-state index in [1.54, 1.807) is 18.2 Å². The van der Waals surface area contributed by atoms with Crippen LogP contribution < -0.4 is 14.8 Å². The molecule has 0 spiro atoms. The van der Waals surface area contributed by atoms with Crippen LogP contribution in [0.3, 0.4) is 0 Å². The molecule has 0 bridgehead atoms. The van der Waals surface area contributed by atoms with Crippen molar-refractivity contribution in [2.24, 2.45) is 0 Å². The molecule has 212 valence electrons. The van der Waals surface area contributed by atoms with Crippen LogP contribution >= 0.6 is 27.5 Å². The van der Waals surface area contributed by atoms with Gasteiger partial charge in [-0.2, -0.15) is 0 Å². The van der Waals surface area contributed by atoms with Gasteiger partial charge in [-0.15, -0.1) is 0 Å². The van der Waals surface area contributed by atoms with Crippen molar-refractivity contribution in [3.05, 3.63) is 46.2 Å². The summed E-state index contributed by atoms with van der Waals surface area (Å²) in [4.78, 5) is 12.8. The summed E-state index contributed by atoms with van der Waals surface area (Å²) >= 11 is 9.60. The van der Waals surface area contributed by atoms with Gasteiger partial charge in [-0.3, -0.25) is 4.90 Å². The van der Waals surface area contributed by atoms with Crippen LogP contribution in [0.15, 0.2) is 41.1 Å². The number of halogens is 2. The first-order valence-corrected chi connectivity index (χ1v) is 13.6. The number of methoxy groups -OCH3 is 1. The summed E-state index contributed by atoms with van der Waals surface area (Å²) in [5.41, 5.74) is 1.24. The van der Waals surface area contributed by atoms with Crippen LogP contribution in [0.1, 0.15) is 0 Å². The smallest absolute Gasteiger partial charge is 0.164 e. The molecule has 4 rings (SSSR count). The molecule has 39 heavy (non-hydrogen) atoms. The highest BCUT2D eigenvalue weighted by Crippen LogP contribution is 2.36. The lowest BCUT2D eigenvalue weighted by atomic mass is 9.99. The van der Waals surface area contributed by atoms with Crippen molar-refractivity contribution >= 4 is 49.9 Å². The van der Waals surface area contributed by atoms with E-state index in [0.29, 0.717) is 40.6 Å². The number of aromatic nitrogens is 2. The van der Waals surface area contributed by atoms with Gasteiger partial charge in [-0.25, -0.2) is 9.97 Å². The molecule has 1 fully saturated rings. The summed E-state index contributed by atoms with van der Waals surface area (Å²) in [7, 11) is 3.47. The number of nitrogens with zero attached hydrogens (tertiary/aromatic N) is 4. The lowest BCUT2D eigenvalue weighted by molar-refractivity contribution is -0.107. The minimum absolute atomic E-state index is 0.215. The molecular formula is C26H33BrClN5O6. The van der Waals surface area contributed by atoms with Gasteiger partial charge in [0.15, 0.2) is 17.6 Å². The van der Waals surface area contributed by atoms with Crippen LogP contribution in [-0.2, 0) is 0 Å². The second-order valence-corrected chi connectivity index (χ2v) is 10.7. The predicted molar refractivity (Wildman–Crippen MR) is 152 cm³/mol.